The summed E-state index contributed by atoms with van der Waals surface area (Å²) < 4.78 is 26.8. The summed E-state index contributed by atoms with van der Waals surface area (Å²) in [6.45, 7) is 1.98. The second kappa shape index (κ2) is 5.39. The minimum absolute atomic E-state index is 0.223. The first-order valence-corrected chi connectivity index (χ1v) is 6.02. The molecule has 0 aliphatic heterocycles. The number of nitrogens with one attached hydrogen (secondary N) is 1. The van der Waals surface area contributed by atoms with Gasteiger partial charge in [0.15, 0.2) is 0 Å². The Hall–Kier alpha value is -1.56. The van der Waals surface area contributed by atoms with Gasteiger partial charge in [-0.3, -0.25) is 0 Å². The van der Waals surface area contributed by atoms with Gasteiger partial charge in [-0.25, -0.2) is 18.7 Å². The van der Waals surface area contributed by atoms with E-state index in [0.29, 0.717) is 21.7 Å². The van der Waals surface area contributed by atoms with Crippen molar-refractivity contribution in [1.82, 2.24) is 9.97 Å². The third kappa shape index (κ3) is 3.01. The van der Waals surface area contributed by atoms with Gasteiger partial charge in [0.25, 0.3) is 0 Å². The zero-order valence-corrected chi connectivity index (χ0v) is 11.1. The summed E-state index contributed by atoms with van der Waals surface area (Å²) in [7, 11) is 0. The van der Waals surface area contributed by atoms with Crippen molar-refractivity contribution in [1.29, 1.82) is 0 Å². The summed E-state index contributed by atoms with van der Waals surface area (Å²) in [4.78, 5) is 8.17. The fourth-order valence-corrected chi connectivity index (χ4v) is 1.75. The molecular formula is C12H10BrF2N3. The van der Waals surface area contributed by atoms with Crippen LogP contribution in [0.2, 0.25) is 0 Å². The molecule has 1 N–H and O–H groups in total. The number of nitrogens with zero attached hydrogens (tertiary/aromatic N) is 2. The Labute approximate surface area is 111 Å². The first-order valence-electron chi connectivity index (χ1n) is 5.23. The first kappa shape index (κ1) is 12.9. The van der Waals surface area contributed by atoms with E-state index in [4.69, 9.17) is 0 Å². The van der Waals surface area contributed by atoms with E-state index in [9.17, 15) is 8.78 Å². The number of hydrogen-bond donors (Lipinski definition) is 1. The lowest BCUT2D eigenvalue weighted by Crippen LogP contribution is -2.05. The van der Waals surface area contributed by atoms with Crippen molar-refractivity contribution < 1.29 is 8.78 Å². The molecule has 2 rings (SSSR count). The molecule has 0 aliphatic rings. The van der Waals surface area contributed by atoms with Crippen LogP contribution in [0.1, 0.15) is 11.4 Å². The van der Waals surface area contributed by atoms with Gasteiger partial charge in [-0.05, 0) is 28.9 Å². The van der Waals surface area contributed by atoms with Crippen molar-refractivity contribution in [2.75, 3.05) is 5.32 Å². The van der Waals surface area contributed by atoms with Crippen LogP contribution in [0.5, 0.6) is 0 Å². The fraction of sp³-hybridized carbons (Fsp3) is 0.167. The van der Waals surface area contributed by atoms with Crippen LogP contribution in [0.4, 0.5) is 14.6 Å². The summed E-state index contributed by atoms with van der Waals surface area (Å²) in [6, 6.07) is 3.48. The molecule has 2 aromatic rings. The van der Waals surface area contributed by atoms with Gasteiger partial charge in [0.1, 0.15) is 23.3 Å². The van der Waals surface area contributed by atoms with Gasteiger partial charge in [0, 0.05) is 24.4 Å². The van der Waals surface area contributed by atoms with E-state index >= 15 is 0 Å². The molecule has 18 heavy (non-hydrogen) atoms. The smallest absolute Gasteiger partial charge is 0.144 e. The Kier molecular flexibility index (Phi) is 3.86. The van der Waals surface area contributed by atoms with E-state index < -0.39 is 11.6 Å². The SMILES string of the molecule is Cc1ncc(Br)c(NCc2ccc(F)cc2F)n1. The number of aryl methyl sites for hydroxylation is 1. The van der Waals surface area contributed by atoms with Gasteiger partial charge in [-0.1, -0.05) is 6.07 Å². The van der Waals surface area contributed by atoms with Crippen LogP contribution < -0.4 is 5.32 Å². The van der Waals surface area contributed by atoms with Crippen LogP contribution in [0.3, 0.4) is 0 Å². The van der Waals surface area contributed by atoms with E-state index in [2.05, 4.69) is 31.2 Å². The quantitative estimate of drug-likeness (QED) is 0.943. The van der Waals surface area contributed by atoms with Crippen molar-refractivity contribution in [3.05, 3.63) is 51.9 Å². The van der Waals surface area contributed by atoms with E-state index in [0.717, 1.165) is 6.07 Å². The Bertz CT molecular complexity index is 575. The average molecular weight is 314 g/mol. The summed E-state index contributed by atoms with van der Waals surface area (Å²) >= 11 is 3.29. The van der Waals surface area contributed by atoms with Crippen molar-refractivity contribution >= 4 is 21.7 Å². The molecule has 0 bridgehead atoms. The highest BCUT2D eigenvalue weighted by Gasteiger charge is 2.06. The normalized spacial score (nSPS) is 10.4. The minimum Gasteiger partial charge on any atom is -0.365 e. The molecule has 3 nitrogen and oxygen atoms in total. The summed E-state index contributed by atoms with van der Waals surface area (Å²) in [5.41, 5.74) is 0.375. The molecule has 0 aliphatic carbocycles. The summed E-state index contributed by atoms with van der Waals surface area (Å²) in [5.74, 6) is 0.0196. The van der Waals surface area contributed by atoms with E-state index in [1.165, 1.54) is 12.1 Å². The zero-order chi connectivity index (χ0) is 13.1. The second-order valence-corrected chi connectivity index (χ2v) is 4.56. The molecule has 0 atom stereocenters. The van der Waals surface area contributed by atoms with Crippen LogP contribution in [0, 0.1) is 18.6 Å². The molecule has 0 spiro atoms. The molecule has 1 heterocycles. The highest BCUT2D eigenvalue weighted by Crippen LogP contribution is 2.19. The lowest BCUT2D eigenvalue weighted by Gasteiger charge is -2.08. The van der Waals surface area contributed by atoms with E-state index in [1.807, 2.05) is 0 Å². The molecule has 0 saturated carbocycles. The van der Waals surface area contributed by atoms with Crippen LogP contribution in [-0.4, -0.2) is 9.97 Å². The molecule has 94 valence electrons. The predicted octanol–water partition coefficient (Wildman–Crippen LogP) is 3.44. The topological polar surface area (TPSA) is 37.8 Å². The average Bonchev–Trinajstić information content (AvgIpc) is 2.32. The third-order valence-electron chi connectivity index (χ3n) is 2.33. The van der Waals surface area contributed by atoms with Crippen molar-refractivity contribution in [3.8, 4) is 0 Å². The molecule has 0 radical (unpaired) electrons. The molecule has 0 saturated heterocycles. The zero-order valence-electron chi connectivity index (χ0n) is 9.54. The molecule has 1 aromatic carbocycles. The van der Waals surface area contributed by atoms with E-state index in [-0.39, 0.29) is 6.54 Å². The van der Waals surface area contributed by atoms with E-state index in [1.54, 1.807) is 13.1 Å². The Morgan fingerprint density at radius 2 is 2.11 bits per heavy atom. The van der Waals surface area contributed by atoms with Crippen LogP contribution >= 0.6 is 15.9 Å². The number of rotatable bonds is 3. The Morgan fingerprint density at radius 1 is 1.33 bits per heavy atom. The minimum atomic E-state index is -0.588. The maximum absolute atomic E-state index is 13.4. The van der Waals surface area contributed by atoms with Crippen LogP contribution in [0.15, 0.2) is 28.9 Å². The number of anilines is 1. The van der Waals surface area contributed by atoms with Gasteiger partial charge >= 0.3 is 0 Å². The number of hydrogen-bond acceptors (Lipinski definition) is 3. The number of benzene rings is 1. The highest BCUT2D eigenvalue weighted by molar-refractivity contribution is 9.10. The van der Waals surface area contributed by atoms with Crippen molar-refractivity contribution in [2.45, 2.75) is 13.5 Å². The maximum atomic E-state index is 13.4. The molecule has 0 fully saturated rings. The van der Waals surface area contributed by atoms with Gasteiger partial charge in [0.05, 0.1) is 4.47 Å². The molecule has 1 aromatic heterocycles. The number of aromatic nitrogens is 2. The molecular weight excluding hydrogens is 304 g/mol. The Balaban J connectivity index is 2.13. The van der Waals surface area contributed by atoms with Gasteiger partial charge in [0.2, 0.25) is 0 Å². The predicted molar refractivity (Wildman–Crippen MR) is 68.2 cm³/mol. The molecule has 0 unspecified atom stereocenters. The monoisotopic (exact) mass is 313 g/mol. The molecule has 0 amide bonds. The van der Waals surface area contributed by atoms with Crippen molar-refractivity contribution in [3.63, 3.8) is 0 Å². The third-order valence-corrected chi connectivity index (χ3v) is 2.91. The largest absolute Gasteiger partial charge is 0.365 e. The Morgan fingerprint density at radius 3 is 2.83 bits per heavy atom. The summed E-state index contributed by atoms with van der Waals surface area (Å²) in [6.07, 6.45) is 1.62. The standard InChI is InChI=1S/C12H10BrF2N3/c1-7-16-6-10(13)12(18-7)17-5-8-2-3-9(14)4-11(8)15/h2-4,6H,5H2,1H3,(H,16,17,18). The second-order valence-electron chi connectivity index (χ2n) is 3.70. The number of halogens is 3. The summed E-state index contributed by atoms with van der Waals surface area (Å²) in [5, 5.41) is 2.97. The van der Waals surface area contributed by atoms with Crippen molar-refractivity contribution in [2.24, 2.45) is 0 Å². The molecule has 6 heteroatoms. The maximum Gasteiger partial charge on any atom is 0.144 e. The van der Waals surface area contributed by atoms with Crippen LogP contribution in [0.25, 0.3) is 0 Å². The highest BCUT2D eigenvalue weighted by atomic mass is 79.9. The fourth-order valence-electron chi connectivity index (χ4n) is 1.42. The lowest BCUT2D eigenvalue weighted by atomic mass is 10.2. The first-order chi connectivity index (χ1) is 8.56. The van der Waals surface area contributed by atoms with Gasteiger partial charge in [-0.2, -0.15) is 0 Å². The van der Waals surface area contributed by atoms with Gasteiger partial charge < -0.3 is 5.32 Å². The van der Waals surface area contributed by atoms with Crippen LogP contribution in [-0.2, 0) is 6.54 Å². The van der Waals surface area contributed by atoms with Gasteiger partial charge in [-0.15, -0.1) is 0 Å². The lowest BCUT2D eigenvalue weighted by molar-refractivity contribution is 0.574.